The predicted molar refractivity (Wildman–Crippen MR) is 58.7 cm³/mol. The Morgan fingerprint density at radius 1 is 1.33 bits per heavy atom. The van der Waals surface area contributed by atoms with Crippen LogP contribution in [0, 0.1) is 0 Å². The van der Waals surface area contributed by atoms with Crippen LogP contribution in [0.15, 0.2) is 24.3 Å². The summed E-state index contributed by atoms with van der Waals surface area (Å²) in [5.41, 5.74) is 1.26. The molecule has 2 heteroatoms. The lowest BCUT2D eigenvalue weighted by molar-refractivity contribution is -0.255. The summed E-state index contributed by atoms with van der Waals surface area (Å²) in [6, 6.07) is 7.16. The van der Waals surface area contributed by atoms with E-state index in [4.69, 9.17) is 0 Å². The maximum Gasteiger partial charge on any atom is 0.0718 e. The van der Waals surface area contributed by atoms with Crippen LogP contribution in [0.4, 0.5) is 0 Å². The van der Waals surface area contributed by atoms with Crippen LogP contribution in [-0.2, 0) is 0 Å². The van der Waals surface area contributed by atoms with Gasteiger partial charge in [0.15, 0.2) is 0 Å². The highest BCUT2D eigenvalue weighted by atomic mass is 16.4. The molecular weight excluding hydrogens is 188 g/mol. The molecule has 0 aliphatic heterocycles. The van der Waals surface area contributed by atoms with Gasteiger partial charge < -0.3 is 9.90 Å². The smallest absolute Gasteiger partial charge is 0.0718 e. The molecule has 2 nitrogen and oxygen atoms in total. The molecule has 0 radical (unpaired) electrons. The maximum absolute atomic E-state index is 10.9. The van der Waals surface area contributed by atoms with Crippen molar-refractivity contribution in [3.63, 3.8) is 0 Å². The predicted octanol–water partition coefficient (Wildman–Crippen LogP) is 2.34. The fourth-order valence-electron chi connectivity index (χ4n) is 1.97. The van der Waals surface area contributed by atoms with Gasteiger partial charge in [0, 0.05) is 5.56 Å². The minimum Gasteiger partial charge on any atom is -0.545 e. The number of rotatable bonds is 5. The second-order valence-electron chi connectivity index (χ2n) is 3.77. The Morgan fingerprint density at radius 2 is 2.00 bits per heavy atom. The van der Waals surface area contributed by atoms with E-state index in [9.17, 15) is 9.90 Å². The van der Waals surface area contributed by atoms with Crippen molar-refractivity contribution in [3.8, 4) is 0 Å². The molecule has 0 aromatic heterocycles. The van der Waals surface area contributed by atoms with E-state index in [2.05, 4.69) is 13.8 Å². The van der Waals surface area contributed by atoms with Crippen molar-refractivity contribution in [1.29, 1.82) is 0 Å². The average molecular weight is 205 g/mol. The number of carbonyl (C=O) groups excluding carboxylic acids is 1. The van der Waals surface area contributed by atoms with Crippen molar-refractivity contribution >= 4 is 5.97 Å². The van der Waals surface area contributed by atoms with Gasteiger partial charge in [0.25, 0.3) is 0 Å². The summed E-state index contributed by atoms with van der Waals surface area (Å²) in [7, 11) is 0. The molecule has 1 unspecified atom stereocenters. The SMILES string of the molecule is CCCC(CC)c1ccccc1C(=O)[O-]. The van der Waals surface area contributed by atoms with Crippen LogP contribution >= 0.6 is 0 Å². The second kappa shape index (κ2) is 5.54. The zero-order valence-electron chi connectivity index (χ0n) is 9.32. The number of carboxylic acids is 1. The normalized spacial score (nSPS) is 12.4. The molecule has 0 heterocycles. The Balaban J connectivity index is 3.04. The average Bonchev–Trinajstić information content (AvgIpc) is 2.26. The maximum atomic E-state index is 10.9. The Kier molecular flexibility index (Phi) is 4.35. The molecule has 0 spiro atoms. The highest BCUT2D eigenvalue weighted by Crippen LogP contribution is 2.27. The Labute approximate surface area is 90.9 Å². The third kappa shape index (κ3) is 2.82. The third-order valence-electron chi connectivity index (χ3n) is 2.75. The van der Waals surface area contributed by atoms with Gasteiger partial charge in [0.05, 0.1) is 5.97 Å². The van der Waals surface area contributed by atoms with E-state index < -0.39 is 5.97 Å². The first kappa shape index (κ1) is 11.8. The quantitative estimate of drug-likeness (QED) is 0.740. The van der Waals surface area contributed by atoms with Crippen molar-refractivity contribution in [2.45, 2.75) is 39.0 Å². The van der Waals surface area contributed by atoms with Gasteiger partial charge in [-0.2, -0.15) is 0 Å². The molecule has 82 valence electrons. The van der Waals surface area contributed by atoms with Crippen LogP contribution in [0.3, 0.4) is 0 Å². The fourth-order valence-corrected chi connectivity index (χ4v) is 1.97. The molecule has 0 amide bonds. The summed E-state index contributed by atoms with van der Waals surface area (Å²) in [5.74, 6) is -0.732. The standard InChI is InChI=1S/C13H18O2/c1-3-7-10(4-2)11-8-5-6-9-12(11)13(14)15/h5-6,8-10H,3-4,7H2,1-2H3,(H,14,15)/p-1. The van der Waals surface area contributed by atoms with E-state index in [1.54, 1.807) is 12.1 Å². The third-order valence-corrected chi connectivity index (χ3v) is 2.75. The number of benzene rings is 1. The first-order chi connectivity index (χ1) is 7.20. The summed E-state index contributed by atoms with van der Waals surface area (Å²) in [6.45, 7) is 4.21. The molecule has 0 bridgehead atoms. The molecule has 1 atom stereocenters. The Morgan fingerprint density at radius 3 is 2.53 bits per heavy atom. The van der Waals surface area contributed by atoms with Crippen molar-refractivity contribution < 1.29 is 9.90 Å². The van der Waals surface area contributed by atoms with E-state index in [0.29, 0.717) is 11.5 Å². The molecule has 0 aliphatic carbocycles. The molecule has 0 fully saturated rings. The molecule has 15 heavy (non-hydrogen) atoms. The van der Waals surface area contributed by atoms with Crippen LogP contribution in [-0.4, -0.2) is 5.97 Å². The van der Waals surface area contributed by atoms with E-state index in [1.807, 2.05) is 12.1 Å². The van der Waals surface area contributed by atoms with E-state index >= 15 is 0 Å². The van der Waals surface area contributed by atoms with E-state index in [-0.39, 0.29) is 0 Å². The molecule has 0 aliphatic rings. The highest BCUT2D eigenvalue weighted by molar-refractivity contribution is 5.87. The zero-order chi connectivity index (χ0) is 11.3. The number of carbonyl (C=O) groups is 1. The van der Waals surface area contributed by atoms with Crippen LogP contribution in [0.1, 0.15) is 54.9 Å². The number of aromatic carboxylic acids is 1. The number of hydrogen-bond acceptors (Lipinski definition) is 2. The van der Waals surface area contributed by atoms with Crippen molar-refractivity contribution in [2.24, 2.45) is 0 Å². The van der Waals surface area contributed by atoms with Crippen molar-refractivity contribution in [3.05, 3.63) is 35.4 Å². The molecule has 0 saturated heterocycles. The Hall–Kier alpha value is -1.31. The van der Waals surface area contributed by atoms with Gasteiger partial charge >= 0.3 is 0 Å². The van der Waals surface area contributed by atoms with Crippen molar-refractivity contribution in [2.75, 3.05) is 0 Å². The summed E-state index contributed by atoms with van der Waals surface area (Å²) in [5, 5.41) is 10.9. The zero-order valence-corrected chi connectivity index (χ0v) is 9.32. The topological polar surface area (TPSA) is 40.1 Å². The summed E-state index contributed by atoms with van der Waals surface area (Å²) >= 11 is 0. The van der Waals surface area contributed by atoms with Gasteiger partial charge in [-0.15, -0.1) is 0 Å². The lowest BCUT2D eigenvalue weighted by Gasteiger charge is -2.18. The van der Waals surface area contributed by atoms with Crippen LogP contribution in [0.25, 0.3) is 0 Å². The lowest BCUT2D eigenvalue weighted by atomic mass is 9.89. The van der Waals surface area contributed by atoms with Gasteiger partial charge in [-0.25, -0.2) is 0 Å². The summed E-state index contributed by atoms with van der Waals surface area (Å²) in [6.07, 6.45) is 3.07. The van der Waals surface area contributed by atoms with Crippen LogP contribution < -0.4 is 5.11 Å². The largest absolute Gasteiger partial charge is 0.545 e. The van der Waals surface area contributed by atoms with Gasteiger partial charge in [0.1, 0.15) is 0 Å². The number of hydrogen-bond donors (Lipinski definition) is 0. The summed E-state index contributed by atoms with van der Waals surface area (Å²) in [4.78, 5) is 10.9. The Bertz CT molecular complexity index is 331. The lowest BCUT2D eigenvalue weighted by Crippen LogP contribution is -2.24. The molecule has 0 N–H and O–H groups in total. The summed E-state index contributed by atoms with van der Waals surface area (Å²) < 4.78 is 0. The fraction of sp³-hybridized carbons (Fsp3) is 0.462. The first-order valence-corrected chi connectivity index (χ1v) is 5.50. The van der Waals surface area contributed by atoms with Crippen LogP contribution in [0.5, 0.6) is 0 Å². The molecule has 0 saturated carbocycles. The minimum atomic E-state index is -1.07. The van der Waals surface area contributed by atoms with Gasteiger partial charge in [0.2, 0.25) is 0 Å². The van der Waals surface area contributed by atoms with E-state index in [1.165, 1.54) is 0 Å². The first-order valence-electron chi connectivity index (χ1n) is 5.50. The van der Waals surface area contributed by atoms with Crippen molar-refractivity contribution in [1.82, 2.24) is 0 Å². The number of carboxylic acid groups (broad SMARTS) is 1. The van der Waals surface area contributed by atoms with E-state index in [0.717, 1.165) is 24.8 Å². The molecule has 1 aromatic carbocycles. The van der Waals surface area contributed by atoms with Gasteiger partial charge in [-0.1, -0.05) is 44.5 Å². The van der Waals surface area contributed by atoms with Gasteiger partial charge in [-0.05, 0) is 24.3 Å². The molecular formula is C13H17O2-. The molecule has 1 aromatic rings. The van der Waals surface area contributed by atoms with Crippen LogP contribution in [0.2, 0.25) is 0 Å². The minimum absolute atomic E-state index is 0.337. The highest BCUT2D eigenvalue weighted by Gasteiger charge is 2.12. The second-order valence-corrected chi connectivity index (χ2v) is 3.77. The van der Waals surface area contributed by atoms with Gasteiger partial charge in [-0.3, -0.25) is 0 Å². The molecule has 1 rings (SSSR count). The monoisotopic (exact) mass is 205 g/mol.